The van der Waals surface area contributed by atoms with Crippen molar-refractivity contribution in [3.8, 4) is 66.8 Å². The summed E-state index contributed by atoms with van der Waals surface area (Å²) in [6, 6.07) is 111. The van der Waals surface area contributed by atoms with Gasteiger partial charge in [0.2, 0.25) is 0 Å². The predicted molar refractivity (Wildman–Crippen MR) is 311 cm³/mol. The van der Waals surface area contributed by atoms with E-state index in [1.807, 2.05) is 0 Å². The van der Waals surface area contributed by atoms with Crippen molar-refractivity contribution >= 4 is 17.1 Å². The SMILES string of the molecule is c1ccc(-c2ccc(-c3ccc(-c4ccc(N(c5ccc6c(c5)C(c5ccccc5)(c5ccccc5)c5ccccc5-6)c5ccc6c(c5)C5(c7ccccc7-c7ccccc75)c5ccccc5-6)cc4)cc3)cc2)cc1. The molecule has 0 radical (unpaired) electrons. The van der Waals surface area contributed by atoms with Crippen LogP contribution < -0.4 is 4.90 Å². The number of hydrogen-bond donors (Lipinski definition) is 0. The average Bonchev–Trinajstić information content (AvgIpc) is 4.31. The summed E-state index contributed by atoms with van der Waals surface area (Å²) in [5, 5.41) is 0. The van der Waals surface area contributed by atoms with Gasteiger partial charge < -0.3 is 4.90 Å². The summed E-state index contributed by atoms with van der Waals surface area (Å²) in [7, 11) is 0. The Bertz CT molecular complexity index is 3930. The minimum atomic E-state index is -0.545. The molecule has 0 bridgehead atoms. The molecule has 1 spiro atoms. The van der Waals surface area contributed by atoms with Crippen LogP contribution in [0, 0.1) is 0 Å². The fourth-order valence-corrected chi connectivity index (χ4v) is 13.4. The molecule has 15 rings (SSSR count). The number of nitrogens with zero attached hydrogens (tertiary/aromatic N) is 1. The van der Waals surface area contributed by atoms with Crippen molar-refractivity contribution in [2.45, 2.75) is 10.8 Å². The quantitative estimate of drug-likeness (QED) is 0.147. The van der Waals surface area contributed by atoms with Gasteiger partial charge in [-0.25, -0.2) is 0 Å². The number of fused-ring (bicyclic) bond motifs is 13. The van der Waals surface area contributed by atoms with E-state index >= 15 is 0 Å². The zero-order valence-electron chi connectivity index (χ0n) is 41.2. The molecular formula is C74H49N. The molecule has 0 atom stereocenters. The summed E-state index contributed by atoms with van der Waals surface area (Å²) in [6.07, 6.45) is 0. The van der Waals surface area contributed by atoms with Gasteiger partial charge in [-0.1, -0.05) is 261 Å². The van der Waals surface area contributed by atoms with Crippen LogP contribution >= 0.6 is 0 Å². The second-order valence-corrected chi connectivity index (χ2v) is 20.3. The Balaban J connectivity index is 0.905. The molecule has 0 N–H and O–H groups in total. The van der Waals surface area contributed by atoms with Gasteiger partial charge in [0.1, 0.15) is 0 Å². The predicted octanol–water partition coefficient (Wildman–Crippen LogP) is 18.9. The Morgan fingerprint density at radius 3 is 0.840 bits per heavy atom. The van der Waals surface area contributed by atoms with Gasteiger partial charge in [-0.3, -0.25) is 0 Å². The largest absolute Gasteiger partial charge is 0.310 e. The molecule has 0 amide bonds. The first-order valence-electron chi connectivity index (χ1n) is 26.2. The third kappa shape index (κ3) is 6.38. The number of rotatable bonds is 8. The van der Waals surface area contributed by atoms with Gasteiger partial charge in [-0.2, -0.15) is 0 Å². The highest BCUT2D eigenvalue weighted by molar-refractivity contribution is 5.97. The van der Waals surface area contributed by atoms with E-state index in [1.165, 1.54) is 111 Å². The van der Waals surface area contributed by atoms with Crippen LogP contribution in [0.3, 0.4) is 0 Å². The van der Waals surface area contributed by atoms with Crippen molar-refractivity contribution in [3.63, 3.8) is 0 Å². The molecule has 0 aromatic heterocycles. The lowest BCUT2D eigenvalue weighted by Crippen LogP contribution is -2.28. The maximum atomic E-state index is 2.51. The minimum absolute atomic E-state index is 0.476. The van der Waals surface area contributed by atoms with E-state index < -0.39 is 10.8 Å². The van der Waals surface area contributed by atoms with Crippen LogP contribution in [0.25, 0.3) is 66.8 Å². The molecule has 0 heterocycles. The van der Waals surface area contributed by atoms with Crippen LogP contribution in [0.5, 0.6) is 0 Å². The highest BCUT2D eigenvalue weighted by atomic mass is 15.1. The molecule has 0 fully saturated rings. The van der Waals surface area contributed by atoms with Gasteiger partial charge in [-0.05, 0) is 148 Å². The molecule has 350 valence electrons. The van der Waals surface area contributed by atoms with Crippen molar-refractivity contribution in [3.05, 3.63) is 342 Å². The van der Waals surface area contributed by atoms with Gasteiger partial charge in [0.25, 0.3) is 0 Å². The van der Waals surface area contributed by atoms with Gasteiger partial charge >= 0.3 is 0 Å². The summed E-state index contributed by atoms with van der Waals surface area (Å²) < 4.78 is 0. The summed E-state index contributed by atoms with van der Waals surface area (Å²) in [5.74, 6) is 0. The summed E-state index contributed by atoms with van der Waals surface area (Å²) >= 11 is 0. The first-order valence-corrected chi connectivity index (χ1v) is 26.2. The summed E-state index contributed by atoms with van der Waals surface area (Å²) in [6.45, 7) is 0. The smallest absolute Gasteiger partial charge is 0.0726 e. The van der Waals surface area contributed by atoms with E-state index in [4.69, 9.17) is 0 Å². The van der Waals surface area contributed by atoms with Crippen molar-refractivity contribution in [2.75, 3.05) is 4.90 Å². The Morgan fingerprint density at radius 1 is 0.187 bits per heavy atom. The molecule has 1 nitrogen and oxygen atoms in total. The van der Waals surface area contributed by atoms with Gasteiger partial charge in [0, 0.05) is 17.1 Å². The van der Waals surface area contributed by atoms with Crippen LogP contribution in [0.15, 0.2) is 297 Å². The van der Waals surface area contributed by atoms with Gasteiger partial charge in [0.05, 0.1) is 10.8 Å². The zero-order valence-corrected chi connectivity index (χ0v) is 41.2. The second kappa shape index (κ2) is 17.0. The molecule has 1 heteroatoms. The normalized spacial score (nSPS) is 13.5. The van der Waals surface area contributed by atoms with E-state index in [0.29, 0.717) is 0 Å². The minimum Gasteiger partial charge on any atom is -0.310 e. The van der Waals surface area contributed by atoms with Crippen molar-refractivity contribution in [2.24, 2.45) is 0 Å². The molecule has 0 saturated carbocycles. The molecule has 0 aliphatic heterocycles. The Hall–Kier alpha value is -9.56. The topological polar surface area (TPSA) is 3.24 Å². The Morgan fingerprint density at radius 2 is 0.453 bits per heavy atom. The van der Waals surface area contributed by atoms with Crippen molar-refractivity contribution in [1.29, 1.82) is 0 Å². The van der Waals surface area contributed by atoms with Crippen LogP contribution in [-0.4, -0.2) is 0 Å². The van der Waals surface area contributed by atoms with E-state index in [9.17, 15) is 0 Å². The second-order valence-electron chi connectivity index (χ2n) is 20.3. The fourth-order valence-electron chi connectivity index (χ4n) is 13.4. The highest BCUT2D eigenvalue weighted by Gasteiger charge is 2.52. The van der Waals surface area contributed by atoms with E-state index in [1.54, 1.807) is 0 Å². The van der Waals surface area contributed by atoms with Crippen molar-refractivity contribution < 1.29 is 0 Å². The third-order valence-electron chi connectivity index (χ3n) is 16.6. The molecular weight excluding hydrogens is 903 g/mol. The lowest BCUT2D eigenvalue weighted by Gasteiger charge is -2.35. The van der Waals surface area contributed by atoms with Crippen LogP contribution in [0.4, 0.5) is 17.1 Å². The van der Waals surface area contributed by atoms with E-state index in [2.05, 4.69) is 302 Å². The van der Waals surface area contributed by atoms with Crippen LogP contribution in [-0.2, 0) is 10.8 Å². The van der Waals surface area contributed by atoms with Crippen molar-refractivity contribution in [1.82, 2.24) is 0 Å². The highest BCUT2D eigenvalue weighted by Crippen LogP contribution is 2.64. The molecule has 75 heavy (non-hydrogen) atoms. The zero-order chi connectivity index (χ0) is 49.5. The van der Waals surface area contributed by atoms with Gasteiger partial charge in [-0.15, -0.1) is 0 Å². The Kier molecular flexibility index (Phi) is 9.77. The number of anilines is 3. The third-order valence-corrected chi connectivity index (χ3v) is 16.6. The molecule has 12 aromatic carbocycles. The lowest BCUT2D eigenvalue weighted by molar-refractivity contribution is 0.768. The van der Waals surface area contributed by atoms with E-state index in [0.717, 1.165) is 17.1 Å². The Labute approximate surface area is 439 Å². The molecule has 3 aliphatic carbocycles. The lowest BCUT2D eigenvalue weighted by atomic mass is 9.67. The number of benzene rings is 12. The fraction of sp³-hybridized carbons (Fsp3) is 0.0270. The maximum absolute atomic E-state index is 2.51. The molecule has 0 unspecified atom stereocenters. The molecule has 12 aromatic rings. The first-order chi connectivity index (χ1) is 37.2. The molecule has 0 saturated heterocycles. The monoisotopic (exact) mass is 951 g/mol. The van der Waals surface area contributed by atoms with Crippen LogP contribution in [0.2, 0.25) is 0 Å². The first kappa shape index (κ1) is 43.1. The van der Waals surface area contributed by atoms with Crippen LogP contribution in [0.1, 0.15) is 44.5 Å². The average molecular weight is 952 g/mol. The maximum Gasteiger partial charge on any atom is 0.0726 e. The number of hydrogen-bond acceptors (Lipinski definition) is 1. The summed E-state index contributed by atoms with van der Waals surface area (Å²) in [4.78, 5) is 2.50. The van der Waals surface area contributed by atoms with E-state index in [-0.39, 0.29) is 0 Å². The summed E-state index contributed by atoms with van der Waals surface area (Å²) in [5.41, 5.74) is 27.6. The standard InChI is InChI=1S/C74H49N/c1-4-18-50(19-5-1)51-32-34-52(35-33-51)53-36-38-54(39-37-53)55-40-42-58(43-41-55)75(59-44-46-65-63-26-10-14-28-67(63)73(71(65)48-59,56-20-6-2-7-21-56)57-22-8-3-9-23-57)60-45-47-66-64-27-13-17-31-70(64)74(72(66)49-60)68-29-15-11-24-61(68)62-25-12-16-30-69(62)74/h1-49H. The molecule has 3 aliphatic rings. The van der Waals surface area contributed by atoms with Gasteiger partial charge in [0.15, 0.2) is 0 Å².